The van der Waals surface area contributed by atoms with Gasteiger partial charge in [0.2, 0.25) is 11.8 Å². The van der Waals surface area contributed by atoms with Crippen molar-refractivity contribution in [1.29, 1.82) is 0 Å². The molecule has 6 heteroatoms. The number of ether oxygens (including phenoxy) is 1. The summed E-state index contributed by atoms with van der Waals surface area (Å²) in [4.78, 5) is 26.8. The molecule has 158 valence electrons. The van der Waals surface area contributed by atoms with E-state index in [1.165, 1.54) is 5.56 Å². The first-order chi connectivity index (χ1) is 13.8. The highest BCUT2D eigenvalue weighted by Gasteiger charge is 2.62. The molecule has 0 aromatic heterocycles. The van der Waals surface area contributed by atoms with Crippen LogP contribution >= 0.6 is 0 Å². The predicted molar refractivity (Wildman–Crippen MR) is 111 cm³/mol. The highest BCUT2D eigenvalue weighted by molar-refractivity contribution is 5.79. The van der Waals surface area contributed by atoms with Crippen LogP contribution in [-0.2, 0) is 20.7 Å². The number of fused-ring (bicyclic) bond motifs is 1. The Morgan fingerprint density at radius 3 is 2.72 bits per heavy atom. The molecule has 3 heterocycles. The Hall–Kier alpha value is -1.92. The normalized spacial score (nSPS) is 30.6. The lowest BCUT2D eigenvalue weighted by Crippen LogP contribution is -2.42. The number of hydrogen-bond donors (Lipinski definition) is 2. The molecule has 0 saturated carbocycles. The van der Waals surface area contributed by atoms with Gasteiger partial charge in [0.15, 0.2) is 0 Å². The molecular formula is C23H33N3O3. The van der Waals surface area contributed by atoms with E-state index in [-0.39, 0.29) is 29.6 Å². The highest BCUT2D eigenvalue weighted by Crippen LogP contribution is 2.54. The minimum absolute atomic E-state index is 0.0665. The van der Waals surface area contributed by atoms with Gasteiger partial charge in [-0.05, 0) is 39.2 Å². The summed E-state index contributed by atoms with van der Waals surface area (Å²) in [5.74, 6) is 0.877. The van der Waals surface area contributed by atoms with Crippen LogP contribution in [0.3, 0.4) is 0 Å². The lowest BCUT2D eigenvalue weighted by atomic mass is 9.73. The molecule has 3 aliphatic rings. The Balaban J connectivity index is 1.31. The van der Waals surface area contributed by atoms with Crippen molar-refractivity contribution in [3.05, 3.63) is 35.4 Å². The van der Waals surface area contributed by atoms with Crippen molar-refractivity contribution >= 4 is 11.8 Å². The number of nitrogens with one attached hydrogen (secondary N) is 2. The summed E-state index contributed by atoms with van der Waals surface area (Å²) in [6.07, 6.45) is 2.78. The standard InChI is InChI=1S/C23H33N3O3/c1-15(2)25-22(28)13-26-12-19-18(20-8-9-23(19,14-26)29-20)11-24-21(27)10-17-6-4-16(3)5-7-17/h4-7,15,18-20H,8-14H2,1-3H3,(H,24,27)(H,25,28)/t18-,19+,20+,23+/m0/s1. The fraction of sp³-hybridized carbons (Fsp3) is 0.652. The molecule has 4 atom stereocenters. The zero-order valence-electron chi connectivity index (χ0n) is 17.7. The van der Waals surface area contributed by atoms with E-state index >= 15 is 0 Å². The molecular weight excluding hydrogens is 366 g/mol. The number of hydrogen-bond acceptors (Lipinski definition) is 4. The molecule has 4 rings (SSSR count). The van der Waals surface area contributed by atoms with Crippen molar-refractivity contribution in [2.45, 2.75) is 57.8 Å². The Morgan fingerprint density at radius 1 is 1.24 bits per heavy atom. The van der Waals surface area contributed by atoms with E-state index in [9.17, 15) is 9.59 Å². The molecule has 0 aliphatic carbocycles. The molecule has 2 bridgehead atoms. The second-order valence-corrected chi connectivity index (χ2v) is 9.39. The van der Waals surface area contributed by atoms with Crippen LogP contribution in [0, 0.1) is 18.8 Å². The molecule has 1 spiro atoms. The van der Waals surface area contributed by atoms with Gasteiger partial charge in [-0.25, -0.2) is 0 Å². The molecule has 0 unspecified atom stereocenters. The van der Waals surface area contributed by atoms with Crippen molar-refractivity contribution in [3.8, 4) is 0 Å². The van der Waals surface area contributed by atoms with Crippen molar-refractivity contribution in [2.75, 3.05) is 26.2 Å². The fourth-order valence-electron chi connectivity index (χ4n) is 5.44. The van der Waals surface area contributed by atoms with Gasteiger partial charge >= 0.3 is 0 Å². The van der Waals surface area contributed by atoms with Gasteiger partial charge in [0.05, 0.1) is 24.7 Å². The van der Waals surface area contributed by atoms with Crippen molar-refractivity contribution in [2.24, 2.45) is 11.8 Å². The third kappa shape index (κ3) is 4.33. The topological polar surface area (TPSA) is 70.7 Å². The number of carbonyl (C=O) groups is 2. The highest BCUT2D eigenvalue weighted by atomic mass is 16.5. The monoisotopic (exact) mass is 399 g/mol. The van der Waals surface area contributed by atoms with Gasteiger partial charge in [0, 0.05) is 37.5 Å². The molecule has 2 N–H and O–H groups in total. The van der Waals surface area contributed by atoms with E-state index in [4.69, 9.17) is 4.74 Å². The third-order valence-corrected chi connectivity index (χ3v) is 6.69. The van der Waals surface area contributed by atoms with E-state index in [2.05, 4.69) is 15.5 Å². The van der Waals surface area contributed by atoms with Crippen LogP contribution in [0.2, 0.25) is 0 Å². The summed E-state index contributed by atoms with van der Waals surface area (Å²) in [5.41, 5.74) is 2.12. The molecule has 0 radical (unpaired) electrons. The predicted octanol–water partition coefficient (Wildman–Crippen LogP) is 1.66. The van der Waals surface area contributed by atoms with Crippen LogP contribution in [0.1, 0.15) is 37.8 Å². The summed E-state index contributed by atoms with van der Waals surface area (Å²) < 4.78 is 6.43. The Labute approximate surface area is 173 Å². The van der Waals surface area contributed by atoms with E-state index in [1.807, 2.05) is 45.0 Å². The maximum atomic E-state index is 12.4. The Kier molecular flexibility index (Phi) is 5.67. The Morgan fingerprint density at radius 2 is 2.00 bits per heavy atom. The van der Waals surface area contributed by atoms with Crippen molar-refractivity contribution in [3.63, 3.8) is 0 Å². The quantitative estimate of drug-likeness (QED) is 0.732. The first-order valence-electron chi connectivity index (χ1n) is 10.9. The van der Waals surface area contributed by atoms with Gasteiger partial charge in [0.1, 0.15) is 0 Å². The average molecular weight is 400 g/mol. The molecule has 1 aromatic carbocycles. The van der Waals surface area contributed by atoms with Gasteiger partial charge < -0.3 is 15.4 Å². The number of rotatable bonds is 7. The lowest BCUT2D eigenvalue weighted by molar-refractivity contribution is -0.123. The van der Waals surface area contributed by atoms with Crippen LogP contribution < -0.4 is 10.6 Å². The summed E-state index contributed by atoms with van der Waals surface area (Å²) in [6, 6.07) is 8.27. The maximum absolute atomic E-state index is 12.4. The Bertz CT molecular complexity index is 763. The first kappa shape index (κ1) is 20.4. The van der Waals surface area contributed by atoms with Crippen LogP contribution in [0.4, 0.5) is 0 Å². The van der Waals surface area contributed by atoms with Gasteiger partial charge in [0.25, 0.3) is 0 Å². The summed E-state index contributed by atoms with van der Waals surface area (Å²) in [7, 11) is 0. The van der Waals surface area contributed by atoms with Gasteiger partial charge in [-0.1, -0.05) is 29.8 Å². The molecule has 6 nitrogen and oxygen atoms in total. The summed E-state index contributed by atoms with van der Waals surface area (Å²) in [6.45, 7) is 8.80. The second kappa shape index (κ2) is 8.07. The second-order valence-electron chi connectivity index (χ2n) is 9.39. The minimum Gasteiger partial charge on any atom is -0.370 e. The molecule has 2 amide bonds. The lowest BCUT2D eigenvalue weighted by Gasteiger charge is -2.29. The SMILES string of the molecule is Cc1ccc(CC(=O)NC[C@H]2[C@H]3CN(CC(=O)NC(C)C)C[C@]34CC[C@H]2O4)cc1. The first-order valence-corrected chi connectivity index (χ1v) is 10.9. The van der Waals surface area contributed by atoms with E-state index in [1.54, 1.807) is 0 Å². The van der Waals surface area contributed by atoms with Crippen LogP contribution in [0.15, 0.2) is 24.3 Å². The van der Waals surface area contributed by atoms with Gasteiger partial charge in [-0.3, -0.25) is 14.5 Å². The number of amides is 2. The molecule has 29 heavy (non-hydrogen) atoms. The summed E-state index contributed by atoms with van der Waals surface area (Å²) in [5, 5.41) is 6.12. The number of likely N-dealkylation sites (tertiary alicyclic amines) is 1. The van der Waals surface area contributed by atoms with Crippen LogP contribution in [-0.4, -0.2) is 60.6 Å². The summed E-state index contributed by atoms with van der Waals surface area (Å²) >= 11 is 0. The van der Waals surface area contributed by atoms with E-state index in [0.717, 1.165) is 31.5 Å². The zero-order chi connectivity index (χ0) is 20.6. The zero-order valence-corrected chi connectivity index (χ0v) is 17.7. The van der Waals surface area contributed by atoms with Crippen LogP contribution in [0.5, 0.6) is 0 Å². The third-order valence-electron chi connectivity index (χ3n) is 6.69. The van der Waals surface area contributed by atoms with Gasteiger partial charge in [-0.15, -0.1) is 0 Å². The molecule has 3 aliphatic heterocycles. The average Bonchev–Trinajstić information content (AvgIpc) is 3.29. The van der Waals surface area contributed by atoms with Crippen molar-refractivity contribution < 1.29 is 14.3 Å². The number of nitrogens with zero attached hydrogens (tertiary/aromatic N) is 1. The van der Waals surface area contributed by atoms with Crippen LogP contribution in [0.25, 0.3) is 0 Å². The van der Waals surface area contributed by atoms with Crippen molar-refractivity contribution in [1.82, 2.24) is 15.5 Å². The number of aryl methyl sites for hydroxylation is 1. The smallest absolute Gasteiger partial charge is 0.234 e. The molecule has 1 aromatic rings. The number of benzene rings is 1. The molecule has 3 saturated heterocycles. The van der Waals surface area contributed by atoms with E-state index in [0.29, 0.717) is 31.3 Å². The minimum atomic E-state index is -0.116. The largest absolute Gasteiger partial charge is 0.370 e. The van der Waals surface area contributed by atoms with E-state index < -0.39 is 0 Å². The fourth-order valence-corrected chi connectivity index (χ4v) is 5.44. The number of carbonyl (C=O) groups excluding carboxylic acids is 2. The molecule has 3 fully saturated rings. The van der Waals surface area contributed by atoms with Gasteiger partial charge in [-0.2, -0.15) is 0 Å². The maximum Gasteiger partial charge on any atom is 0.234 e.